The van der Waals surface area contributed by atoms with Crippen LogP contribution in [0.4, 0.5) is 0 Å². The fourth-order valence-electron chi connectivity index (χ4n) is 2.91. The van der Waals surface area contributed by atoms with E-state index in [0.717, 1.165) is 0 Å². The van der Waals surface area contributed by atoms with Crippen molar-refractivity contribution in [3.63, 3.8) is 0 Å². The Labute approximate surface area is 88.4 Å². The second kappa shape index (κ2) is 4.63. The predicted molar refractivity (Wildman–Crippen MR) is 60.5 cm³/mol. The van der Waals surface area contributed by atoms with Crippen LogP contribution in [0, 0.1) is 5.41 Å². The molecule has 0 spiro atoms. The lowest BCUT2D eigenvalue weighted by molar-refractivity contribution is -0.125. The van der Waals surface area contributed by atoms with E-state index in [1.165, 1.54) is 19.3 Å². The van der Waals surface area contributed by atoms with Crippen LogP contribution in [0.2, 0.25) is 0 Å². The van der Waals surface area contributed by atoms with E-state index < -0.39 is 0 Å². The Bertz CT molecular complexity index is 175. The molecule has 0 aromatic heterocycles. The van der Waals surface area contributed by atoms with Crippen LogP contribution in [0.25, 0.3) is 0 Å². The summed E-state index contributed by atoms with van der Waals surface area (Å²) in [5, 5.41) is 3.66. The Morgan fingerprint density at radius 3 is 2.29 bits per heavy atom. The molecule has 0 aliphatic heterocycles. The summed E-state index contributed by atoms with van der Waals surface area (Å²) < 4.78 is 5.56. The highest BCUT2D eigenvalue weighted by atomic mass is 16.5. The standard InChI is InChI=1S/C12H25NO/c1-6-12(7-2)10(13-9(3)4)8-11(12)14-5/h9-11,13H,6-8H2,1-5H3. The lowest BCUT2D eigenvalue weighted by Gasteiger charge is -2.56. The smallest absolute Gasteiger partial charge is 0.0657 e. The SMILES string of the molecule is CCC1(CC)C(NC(C)C)CC1OC. The molecule has 0 heterocycles. The second-order valence-corrected chi connectivity index (χ2v) is 4.77. The summed E-state index contributed by atoms with van der Waals surface area (Å²) >= 11 is 0. The fourth-order valence-corrected chi connectivity index (χ4v) is 2.91. The van der Waals surface area contributed by atoms with Crippen LogP contribution < -0.4 is 5.32 Å². The molecule has 1 aliphatic carbocycles. The molecule has 1 fully saturated rings. The van der Waals surface area contributed by atoms with E-state index in [1.54, 1.807) is 0 Å². The Morgan fingerprint density at radius 1 is 1.36 bits per heavy atom. The summed E-state index contributed by atoms with van der Waals surface area (Å²) in [6.45, 7) is 9.00. The first kappa shape index (κ1) is 12.0. The van der Waals surface area contributed by atoms with Crippen molar-refractivity contribution in [2.45, 2.75) is 65.1 Å². The Hall–Kier alpha value is -0.0800. The molecule has 2 atom stereocenters. The summed E-state index contributed by atoms with van der Waals surface area (Å²) in [6, 6.07) is 1.23. The molecule has 14 heavy (non-hydrogen) atoms. The molecular weight excluding hydrogens is 174 g/mol. The number of hydrogen-bond acceptors (Lipinski definition) is 2. The van der Waals surface area contributed by atoms with Crippen LogP contribution in [-0.2, 0) is 4.74 Å². The molecule has 2 heteroatoms. The third kappa shape index (κ3) is 1.82. The topological polar surface area (TPSA) is 21.3 Å². The zero-order valence-electron chi connectivity index (χ0n) is 10.3. The zero-order chi connectivity index (χ0) is 10.8. The maximum absolute atomic E-state index is 5.56. The highest BCUT2D eigenvalue weighted by Crippen LogP contribution is 2.48. The van der Waals surface area contributed by atoms with Gasteiger partial charge in [0.05, 0.1) is 6.10 Å². The monoisotopic (exact) mass is 199 g/mol. The van der Waals surface area contributed by atoms with Gasteiger partial charge in [-0.3, -0.25) is 0 Å². The summed E-state index contributed by atoms with van der Waals surface area (Å²) in [7, 11) is 1.84. The fraction of sp³-hybridized carbons (Fsp3) is 1.00. The van der Waals surface area contributed by atoms with Gasteiger partial charge in [-0.2, -0.15) is 0 Å². The lowest BCUT2D eigenvalue weighted by atomic mass is 9.58. The number of methoxy groups -OCH3 is 1. The van der Waals surface area contributed by atoms with Crippen molar-refractivity contribution >= 4 is 0 Å². The van der Waals surface area contributed by atoms with Gasteiger partial charge in [0.1, 0.15) is 0 Å². The summed E-state index contributed by atoms with van der Waals surface area (Å²) in [6.07, 6.45) is 4.07. The van der Waals surface area contributed by atoms with Crippen LogP contribution in [0.1, 0.15) is 47.0 Å². The van der Waals surface area contributed by atoms with E-state index in [1.807, 2.05) is 7.11 Å². The molecule has 1 saturated carbocycles. The lowest BCUT2D eigenvalue weighted by Crippen LogP contribution is -2.64. The van der Waals surface area contributed by atoms with Gasteiger partial charge in [-0.25, -0.2) is 0 Å². The first-order valence-electron chi connectivity index (χ1n) is 5.89. The van der Waals surface area contributed by atoms with E-state index in [0.29, 0.717) is 23.6 Å². The van der Waals surface area contributed by atoms with E-state index in [9.17, 15) is 0 Å². The van der Waals surface area contributed by atoms with Gasteiger partial charge in [0, 0.05) is 24.6 Å². The van der Waals surface area contributed by atoms with Crippen molar-refractivity contribution in [1.29, 1.82) is 0 Å². The quantitative estimate of drug-likeness (QED) is 0.735. The number of hydrogen-bond donors (Lipinski definition) is 1. The van der Waals surface area contributed by atoms with Gasteiger partial charge in [-0.05, 0) is 19.3 Å². The first-order valence-corrected chi connectivity index (χ1v) is 5.89. The van der Waals surface area contributed by atoms with E-state index in [2.05, 4.69) is 33.0 Å². The van der Waals surface area contributed by atoms with Gasteiger partial charge < -0.3 is 10.1 Å². The highest BCUT2D eigenvalue weighted by molar-refractivity contribution is 5.06. The summed E-state index contributed by atoms with van der Waals surface area (Å²) in [5.41, 5.74) is 0.388. The molecule has 2 unspecified atom stereocenters. The maximum atomic E-state index is 5.56. The van der Waals surface area contributed by atoms with Crippen molar-refractivity contribution in [2.75, 3.05) is 7.11 Å². The molecule has 1 rings (SSSR count). The molecule has 0 amide bonds. The Balaban J connectivity index is 2.62. The third-order valence-electron chi connectivity index (χ3n) is 3.92. The van der Waals surface area contributed by atoms with Crippen LogP contribution in [0.15, 0.2) is 0 Å². The molecule has 0 aromatic rings. The molecule has 84 valence electrons. The minimum absolute atomic E-state index is 0.388. The van der Waals surface area contributed by atoms with Crippen molar-refractivity contribution in [2.24, 2.45) is 5.41 Å². The molecule has 1 aliphatic rings. The zero-order valence-corrected chi connectivity index (χ0v) is 10.3. The number of ether oxygens (including phenoxy) is 1. The van der Waals surface area contributed by atoms with Crippen LogP contribution in [-0.4, -0.2) is 25.3 Å². The van der Waals surface area contributed by atoms with Crippen LogP contribution in [0.5, 0.6) is 0 Å². The van der Waals surface area contributed by atoms with E-state index >= 15 is 0 Å². The Kier molecular flexibility index (Phi) is 3.96. The Morgan fingerprint density at radius 2 is 1.93 bits per heavy atom. The largest absolute Gasteiger partial charge is 0.381 e. The third-order valence-corrected chi connectivity index (χ3v) is 3.92. The second-order valence-electron chi connectivity index (χ2n) is 4.77. The molecular formula is C12H25NO. The van der Waals surface area contributed by atoms with Crippen molar-refractivity contribution in [1.82, 2.24) is 5.32 Å². The molecule has 1 N–H and O–H groups in total. The predicted octanol–water partition coefficient (Wildman–Crippen LogP) is 2.58. The number of nitrogens with one attached hydrogen (secondary N) is 1. The van der Waals surface area contributed by atoms with Gasteiger partial charge in [-0.15, -0.1) is 0 Å². The minimum Gasteiger partial charge on any atom is -0.381 e. The van der Waals surface area contributed by atoms with Gasteiger partial charge in [0.25, 0.3) is 0 Å². The van der Waals surface area contributed by atoms with Gasteiger partial charge in [-0.1, -0.05) is 27.7 Å². The van der Waals surface area contributed by atoms with E-state index in [4.69, 9.17) is 4.74 Å². The van der Waals surface area contributed by atoms with Crippen LogP contribution >= 0.6 is 0 Å². The van der Waals surface area contributed by atoms with E-state index in [-0.39, 0.29) is 0 Å². The number of rotatable bonds is 5. The first-order chi connectivity index (χ1) is 6.60. The molecule has 0 radical (unpaired) electrons. The van der Waals surface area contributed by atoms with Crippen molar-refractivity contribution in [3.8, 4) is 0 Å². The highest BCUT2D eigenvalue weighted by Gasteiger charge is 2.52. The molecule has 2 nitrogen and oxygen atoms in total. The summed E-state index contributed by atoms with van der Waals surface area (Å²) in [5.74, 6) is 0. The molecule has 0 saturated heterocycles. The van der Waals surface area contributed by atoms with Gasteiger partial charge >= 0.3 is 0 Å². The molecule has 0 bridgehead atoms. The maximum Gasteiger partial charge on any atom is 0.0657 e. The molecule has 0 aromatic carbocycles. The van der Waals surface area contributed by atoms with Crippen molar-refractivity contribution < 1.29 is 4.74 Å². The average molecular weight is 199 g/mol. The minimum atomic E-state index is 0.388. The van der Waals surface area contributed by atoms with Gasteiger partial charge in [0.15, 0.2) is 0 Å². The normalized spacial score (nSPS) is 30.4. The van der Waals surface area contributed by atoms with Crippen molar-refractivity contribution in [3.05, 3.63) is 0 Å². The summed E-state index contributed by atoms with van der Waals surface area (Å²) in [4.78, 5) is 0. The van der Waals surface area contributed by atoms with Gasteiger partial charge in [0.2, 0.25) is 0 Å². The van der Waals surface area contributed by atoms with Crippen LogP contribution in [0.3, 0.4) is 0 Å². The average Bonchev–Trinajstić information content (AvgIpc) is 2.13.